The van der Waals surface area contributed by atoms with Crippen molar-refractivity contribution in [2.45, 2.75) is 25.8 Å². The molecule has 1 aromatic rings. The maximum Gasteiger partial charge on any atom is 0.242 e. The van der Waals surface area contributed by atoms with Crippen LogP contribution in [-0.4, -0.2) is 21.9 Å². The maximum absolute atomic E-state index is 11.4. The van der Waals surface area contributed by atoms with E-state index in [0.29, 0.717) is 12.2 Å². The molecule has 84 valence electrons. The number of nitrogens with one attached hydrogen (secondary N) is 1. The zero-order valence-electron chi connectivity index (χ0n) is 8.51. The zero-order valence-corrected chi connectivity index (χ0v) is 9.33. The Hall–Kier alpha value is -1.20. The van der Waals surface area contributed by atoms with Gasteiger partial charge in [-0.15, -0.1) is 12.4 Å². The Labute approximate surface area is 94.9 Å². The molecular weight excluding hydrogens is 216 g/mol. The summed E-state index contributed by atoms with van der Waals surface area (Å²) in [4.78, 5) is 19.1. The van der Waals surface area contributed by atoms with E-state index >= 15 is 0 Å². The van der Waals surface area contributed by atoms with Crippen LogP contribution in [0.1, 0.15) is 19.8 Å². The van der Waals surface area contributed by atoms with Gasteiger partial charge in [-0.3, -0.25) is 9.78 Å². The second kappa shape index (κ2) is 7.14. The number of nitrogens with two attached hydrogens (primary N) is 1. The number of halogens is 1. The van der Waals surface area contributed by atoms with Gasteiger partial charge >= 0.3 is 0 Å². The Morgan fingerprint density at radius 3 is 2.87 bits per heavy atom. The first-order chi connectivity index (χ1) is 6.74. The third-order valence-electron chi connectivity index (χ3n) is 1.75. The summed E-state index contributed by atoms with van der Waals surface area (Å²) in [5, 5.41) is 2.59. The average molecular weight is 231 g/mol. The highest BCUT2D eigenvalue weighted by Gasteiger charge is 2.12. The van der Waals surface area contributed by atoms with Crippen LogP contribution in [0.15, 0.2) is 18.6 Å². The van der Waals surface area contributed by atoms with Gasteiger partial charge in [-0.2, -0.15) is 0 Å². The van der Waals surface area contributed by atoms with Gasteiger partial charge < -0.3 is 11.1 Å². The van der Waals surface area contributed by atoms with Crippen LogP contribution in [0.4, 0.5) is 5.82 Å². The molecule has 0 aliphatic rings. The minimum Gasteiger partial charge on any atom is -0.320 e. The molecule has 5 nitrogen and oxygen atoms in total. The van der Waals surface area contributed by atoms with E-state index in [-0.39, 0.29) is 18.3 Å². The summed E-state index contributed by atoms with van der Waals surface area (Å²) < 4.78 is 0. The lowest BCUT2D eigenvalue weighted by Crippen LogP contribution is -2.35. The van der Waals surface area contributed by atoms with E-state index in [1.54, 1.807) is 6.20 Å². The predicted molar refractivity (Wildman–Crippen MR) is 60.8 cm³/mol. The number of carbonyl (C=O) groups is 1. The molecule has 6 heteroatoms. The molecule has 0 fully saturated rings. The Kier molecular flexibility index (Phi) is 6.57. The quantitative estimate of drug-likeness (QED) is 0.808. The summed E-state index contributed by atoms with van der Waals surface area (Å²) in [6, 6.07) is -0.470. The molecule has 0 aliphatic heterocycles. The SMILES string of the molecule is CCCC(N)C(=O)Nc1cnccn1.Cl. The lowest BCUT2D eigenvalue weighted by atomic mass is 10.2. The van der Waals surface area contributed by atoms with Crippen molar-refractivity contribution < 1.29 is 4.79 Å². The first-order valence-corrected chi connectivity index (χ1v) is 4.56. The standard InChI is InChI=1S/C9H14N4O.ClH/c1-2-3-7(10)9(14)13-8-6-11-4-5-12-8;/h4-7H,2-3,10H2,1H3,(H,12,13,14);1H. The molecule has 1 aromatic heterocycles. The molecule has 15 heavy (non-hydrogen) atoms. The fourth-order valence-electron chi connectivity index (χ4n) is 1.02. The van der Waals surface area contributed by atoms with Crippen molar-refractivity contribution >= 4 is 24.1 Å². The second-order valence-corrected chi connectivity index (χ2v) is 2.98. The van der Waals surface area contributed by atoms with Crippen LogP contribution in [0.5, 0.6) is 0 Å². The van der Waals surface area contributed by atoms with Crippen LogP contribution >= 0.6 is 12.4 Å². The molecule has 3 N–H and O–H groups in total. The van der Waals surface area contributed by atoms with Crippen LogP contribution in [0, 0.1) is 0 Å². The predicted octanol–water partition coefficient (Wildman–Crippen LogP) is 0.964. The summed E-state index contributed by atoms with van der Waals surface area (Å²) in [5.74, 6) is 0.219. The van der Waals surface area contributed by atoms with E-state index in [9.17, 15) is 4.79 Å². The molecule has 0 radical (unpaired) electrons. The number of hydrogen-bond donors (Lipinski definition) is 2. The summed E-state index contributed by atoms with van der Waals surface area (Å²) in [5.41, 5.74) is 5.62. The minimum atomic E-state index is -0.470. The molecule has 0 spiro atoms. The number of rotatable bonds is 4. The third-order valence-corrected chi connectivity index (χ3v) is 1.75. The summed E-state index contributed by atoms with van der Waals surface area (Å²) >= 11 is 0. The summed E-state index contributed by atoms with van der Waals surface area (Å²) in [7, 11) is 0. The highest BCUT2D eigenvalue weighted by atomic mass is 35.5. The number of carbonyl (C=O) groups excluding carboxylic acids is 1. The van der Waals surface area contributed by atoms with Gasteiger partial charge in [0.15, 0.2) is 5.82 Å². The van der Waals surface area contributed by atoms with Gasteiger partial charge in [-0.05, 0) is 6.42 Å². The number of amides is 1. The van der Waals surface area contributed by atoms with E-state index < -0.39 is 6.04 Å². The number of nitrogens with zero attached hydrogens (tertiary/aromatic N) is 2. The highest BCUT2D eigenvalue weighted by molar-refractivity contribution is 5.93. The smallest absolute Gasteiger partial charge is 0.242 e. The number of aromatic nitrogens is 2. The van der Waals surface area contributed by atoms with Crippen molar-refractivity contribution in [3.05, 3.63) is 18.6 Å². The monoisotopic (exact) mass is 230 g/mol. The molecule has 0 saturated heterocycles. The average Bonchev–Trinajstić information content (AvgIpc) is 2.19. The number of hydrogen-bond acceptors (Lipinski definition) is 4. The molecule has 1 rings (SSSR count). The van der Waals surface area contributed by atoms with Crippen molar-refractivity contribution in [1.29, 1.82) is 0 Å². The lowest BCUT2D eigenvalue weighted by molar-refractivity contribution is -0.117. The van der Waals surface area contributed by atoms with Gasteiger partial charge in [0.05, 0.1) is 12.2 Å². The van der Waals surface area contributed by atoms with Crippen LogP contribution in [-0.2, 0) is 4.79 Å². The van der Waals surface area contributed by atoms with Crippen molar-refractivity contribution in [2.24, 2.45) is 5.73 Å². The first-order valence-electron chi connectivity index (χ1n) is 4.56. The Morgan fingerprint density at radius 2 is 2.33 bits per heavy atom. The van der Waals surface area contributed by atoms with Crippen LogP contribution in [0.25, 0.3) is 0 Å². The molecular formula is C9H15ClN4O. The van der Waals surface area contributed by atoms with E-state index in [4.69, 9.17) is 5.73 Å². The van der Waals surface area contributed by atoms with E-state index in [2.05, 4.69) is 15.3 Å². The largest absolute Gasteiger partial charge is 0.320 e. The highest BCUT2D eigenvalue weighted by Crippen LogP contribution is 2.00. The molecule has 0 aromatic carbocycles. The Balaban J connectivity index is 0.00000196. The first kappa shape index (κ1) is 13.8. The second-order valence-electron chi connectivity index (χ2n) is 2.98. The molecule has 0 aliphatic carbocycles. The lowest BCUT2D eigenvalue weighted by Gasteiger charge is -2.09. The molecule has 1 unspecified atom stereocenters. The molecule has 1 atom stereocenters. The topological polar surface area (TPSA) is 80.9 Å². The maximum atomic E-state index is 11.4. The molecule has 0 bridgehead atoms. The third kappa shape index (κ3) is 4.71. The van der Waals surface area contributed by atoms with Gasteiger partial charge in [0, 0.05) is 12.4 Å². The summed E-state index contributed by atoms with van der Waals surface area (Å²) in [6.45, 7) is 1.98. The fraction of sp³-hybridized carbons (Fsp3) is 0.444. The van der Waals surface area contributed by atoms with Crippen molar-refractivity contribution in [1.82, 2.24) is 9.97 Å². The Morgan fingerprint density at radius 1 is 1.60 bits per heavy atom. The fourth-order valence-corrected chi connectivity index (χ4v) is 1.02. The van der Waals surface area contributed by atoms with Crippen molar-refractivity contribution in [2.75, 3.05) is 5.32 Å². The Bertz CT molecular complexity index is 293. The molecule has 0 saturated carbocycles. The van der Waals surface area contributed by atoms with Gasteiger partial charge in [0.2, 0.25) is 5.91 Å². The van der Waals surface area contributed by atoms with Gasteiger partial charge in [0.1, 0.15) is 0 Å². The number of anilines is 1. The van der Waals surface area contributed by atoms with E-state index in [0.717, 1.165) is 6.42 Å². The van der Waals surface area contributed by atoms with Crippen LogP contribution in [0.2, 0.25) is 0 Å². The normalized spacial score (nSPS) is 11.3. The zero-order chi connectivity index (χ0) is 10.4. The van der Waals surface area contributed by atoms with E-state index in [1.807, 2.05) is 6.92 Å². The van der Waals surface area contributed by atoms with Crippen molar-refractivity contribution in [3.8, 4) is 0 Å². The minimum absolute atomic E-state index is 0. The molecule has 1 amide bonds. The van der Waals surface area contributed by atoms with Gasteiger partial charge in [0.25, 0.3) is 0 Å². The van der Waals surface area contributed by atoms with Crippen LogP contribution < -0.4 is 11.1 Å². The van der Waals surface area contributed by atoms with Crippen molar-refractivity contribution in [3.63, 3.8) is 0 Å². The summed E-state index contributed by atoms with van der Waals surface area (Å²) in [6.07, 6.45) is 6.10. The van der Waals surface area contributed by atoms with Crippen LogP contribution in [0.3, 0.4) is 0 Å². The van der Waals surface area contributed by atoms with E-state index in [1.165, 1.54) is 12.4 Å². The van der Waals surface area contributed by atoms with Gasteiger partial charge in [-0.1, -0.05) is 13.3 Å². The molecule has 1 heterocycles. The van der Waals surface area contributed by atoms with Gasteiger partial charge in [-0.25, -0.2) is 4.98 Å².